The molecule has 2 aromatic carbocycles. The number of likely N-dealkylation sites (tertiary alicyclic amines) is 1. The Kier molecular flexibility index (Phi) is 6.12. The third kappa shape index (κ3) is 4.55. The number of carbonyl (C=O) groups is 1. The number of hydrogen-bond donors (Lipinski definition) is 0. The number of benzene rings is 2. The number of piperidine rings is 1. The van der Waals surface area contributed by atoms with Crippen molar-refractivity contribution < 1.29 is 14.3 Å². The average molecular weight is 354 g/mol. The van der Waals surface area contributed by atoms with Gasteiger partial charge in [0.2, 0.25) is 5.91 Å². The minimum atomic E-state index is 0.111. The van der Waals surface area contributed by atoms with Crippen LogP contribution in [0, 0.1) is 0 Å². The van der Waals surface area contributed by atoms with E-state index in [0.29, 0.717) is 6.54 Å². The molecule has 1 saturated heterocycles. The summed E-state index contributed by atoms with van der Waals surface area (Å²) in [6.07, 6.45) is 1.96. The summed E-state index contributed by atoms with van der Waals surface area (Å²) >= 11 is 0. The van der Waals surface area contributed by atoms with E-state index in [4.69, 9.17) is 9.47 Å². The molecule has 0 aliphatic carbocycles. The van der Waals surface area contributed by atoms with Crippen LogP contribution in [0.4, 0.5) is 5.69 Å². The maximum atomic E-state index is 12.5. The van der Waals surface area contributed by atoms with Gasteiger partial charge >= 0.3 is 0 Å². The molecule has 5 heteroatoms. The van der Waals surface area contributed by atoms with Crippen LogP contribution in [0.25, 0.3) is 0 Å². The first-order valence-electron chi connectivity index (χ1n) is 9.01. The molecule has 0 atom stereocenters. The smallest absolute Gasteiger partial charge is 0.240 e. The zero-order valence-corrected chi connectivity index (χ0v) is 15.4. The van der Waals surface area contributed by atoms with Gasteiger partial charge < -0.3 is 14.4 Å². The van der Waals surface area contributed by atoms with Crippen molar-refractivity contribution in [2.75, 3.05) is 38.7 Å². The molecular formula is C21H26N2O3. The predicted molar refractivity (Wildman–Crippen MR) is 103 cm³/mol. The van der Waals surface area contributed by atoms with Crippen LogP contribution >= 0.6 is 0 Å². The Morgan fingerprint density at radius 2 is 1.65 bits per heavy atom. The monoisotopic (exact) mass is 354 g/mol. The van der Waals surface area contributed by atoms with Gasteiger partial charge in [0.15, 0.2) is 11.5 Å². The molecule has 0 aromatic heterocycles. The highest BCUT2D eigenvalue weighted by molar-refractivity contribution is 5.94. The highest BCUT2D eigenvalue weighted by atomic mass is 16.5. The van der Waals surface area contributed by atoms with Gasteiger partial charge in [0.05, 0.1) is 13.7 Å². The molecule has 1 heterocycles. The van der Waals surface area contributed by atoms with Crippen LogP contribution in [0.2, 0.25) is 0 Å². The van der Waals surface area contributed by atoms with Crippen molar-refractivity contribution in [2.24, 2.45) is 0 Å². The Hall–Kier alpha value is -2.53. The summed E-state index contributed by atoms with van der Waals surface area (Å²) in [6.45, 7) is 2.15. The Morgan fingerprint density at radius 3 is 2.31 bits per heavy atom. The molecule has 1 aliphatic heterocycles. The SMILES string of the molecule is COc1ccccc1OC1CCN(CC(=O)N(C)c2ccccc2)CC1. The molecule has 1 aliphatic rings. The molecule has 0 N–H and O–H groups in total. The average Bonchev–Trinajstić information content (AvgIpc) is 2.70. The standard InChI is InChI=1S/C21H26N2O3/c1-22(17-8-4-3-5-9-17)21(24)16-23-14-12-18(13-15-23)26-20-11-7-6-10-19(20)25-2/h3-11,18H,12-16H2,1-2H3. The van der Waals surface area contributed by atoms with Crippen molar-refractivity contribution >= 4 is 11.6 Å². The van der Waals surface area contributed by atoms with Crippen LogP contribution in [0.15, 0.2) is 54.6 Å². The third-order valence-electron chi connectivity index (χ3n) is 4.77. The number of amides is 1. The van der Waals surface area contributed by atoms with Crippen LogP contribution in [0.1, 0.15) is 12.8 Å². The minimum Gasteiger partial charge on any atom is -0.493 e. The van der Waals surface area contributed by atoms with Crippen molar-refractivity contribution in [3.63, 3.8) is 0 Å². The van der Waals surface area contributed by atoms with Crippen LogP contribution < -0.4 is 14.4 Å². The van der Waals surface area contributed by atoms with Gasteiger partial charge in [-0.05, 0) is 37.1 Å². The Bertz CT molecular complexity index is 712. The number of methoxy groups -OCH3 is 1. The zero-order chi connectivity index (χ0) is 18.4. The fourth-order valence-electron chi connectivity index (χ4n) is 3.17. The molecule has 0 spiro atoms. The molecular weight excluding hydrogens is 328 g/mol. The van der Waals surface area contributed by atoms with E-state index in [1.165, 1.54) is 0 Å². The Balaban J connectivity index is 1.48. The first-order chi connectivity index (χ1) is 12.7. The number of likely N-dealkylation sites (N-methyl/N-ethyl adjacent to an activating group) is 1. The molecule has 26 heavy (non-hydrogen) atoms. The molecule has 0 radical (unpaired) electrons. The third-order valence-corrected chi connectivity index (χ3v) is 4.77. The van der Waals surface area contributed by atoms with E-state index in [0.717, 1.165) is 43.1 Å². The number of para-hydroxylation sites is 3. The van der Waals surface area contributed by atoms with Gasteiger partial charge in [-0.25, -0.2) is 0 Å². The molecule has 0 unspecified atom stereocenters. The quantitative estimate of drug-likeness (QED) is 0.799. The Morgan fingerprint density at radius 1 is 1.04 bits per heavy atom. The van der Waals surface area contributed by atoms with Crippen molar-refractivity contribution in [2.45, 2.75) is 18.9 Å². The lowest BCUT2D eigenvalue weighted by atomic mass is 10.1. The molecule has 1 amide bonds. The van der Waals surface area contributed by atoms with Crippen molar-refractivity contribution in [1.29, 1.82) is 0 Å². The molecule has 2 aromatic rings. The van der Waals surface area contributed by atoms with E-state index >= 15 is 0 Å². The summed E-state index contributed by atoms with van der Waals surface area (Å²) in [5.41, 5.74) is 0.923. The predicted octanol–water partition coefficient (Wildman–Crippen LogP) is 3.20. The fourth-order valence-corrected chi connectivity index (χ4v) is 3.17. The van der Waals surface area contributed by atoms with Crippen molar-refractivity contribution in [3.05, 3.63) is 54.6 Å². The van der Waals surface area contributed by atoms with Gasteiger partial charge in [-0.3, -0.25) is 9.69 Å². The van der Waals surface area contributed by atoms with Crippen LogP contribution in [0.5, 0.6) is 11.5 Å². The van der Waals surface area contributed by atoms with Crippen molar-refractivity contribution in [3.8, 4) is 11.5 Å². The maximum Gasteiger partial charge on any atom is 0.240 e. The lowest BCUT2D eigenvalue weighted by Crippen LogP contribution is -2.44. The van der Waals surface area contributed by atoms with Gasteiger partial charge in [-0.1, -0.05) is 30.3 Å². The summed E-state index contributed by atoms with van der Waals surface area (Å²) in [5, 5.41) is 0. The van der Waals surface area contributed by atoms with Gasteiger partial charge in [0, 0.05) is 25.8 Å². The highest BCUT2D eigenvalue weighted by Crippen LogP contribution is 2.29. The lowest BCUT2D eigenvalue weighted by molar-refractivity contribution is -0.119. The number of rotatable bonds is 6. The number of nitrogens with zero attached hydrogens (tertiary/aromatic N) is 2. The van der Waals surface area contributed by atoms with Gasteiger partial charge in [-0.15, -0.1) is 0 Å². The largest absolute Gasteiger partial charge is 0.493 e. The Labute approximate surface area is 155 Å². The zero-order valence-electron chi connectivity index (χ0n) is 15.4. The summed E-state index contributed by atoms with van der Waals surface area (Å²) in [5.74, 6) is 1.66. The number of carbonyl (C=O) groups excluding carboxylic acids is 1. The van der Waals surface area contributed by atoms with Gasteiger partial charge in [0.1, 0.15) is 6.10 Å². The van der Waals surface area contributed by atoms with E-state index in [1.54, 1.807) is 12.0 Å². The van der Waals surface area contributed by atoms with Gasteiger partial charge in [-0.2, -0.15) is 0 Å². The molecule has 0 saturated carbocycles. The van der Waals surface area contributed by atoms with Crippen LogP contribution in [-0.2, 0) is 4.79 Å². The minimum absolute atomic E-state index is 0.111. The van der Waals surface area contributed by atoms with E-state index in [9.17, 15) is 4.79 Å². The van der Waals surface area contributed by atoms with Gasteiger partial charge in [0.25, 0.3) is 0 Å². The van der Waals surface area contributed by atoms with E-state index in [-0.39, 0.29) is 12.0 Å². The number of hydrogen-bond acceptors (Lipinski definition) is 4. The normalized spacial score (nSPS) is 15.5. The molecule has 3 rings (SSSR count). The van der Waals surface area contributed by atoms with E-state index in [2.05, 4.69) is 4.90 Å². The lowest BCUT2D eigenvalue weighted by Gasteiger charge is -2.32. The molecule has 138 valence electrons. The van der Waals surface area contributed by atoms with E-state index in [1.807, 2.05) is 61.6 Å². The van der Waals surface area contributed by atoms with Crippen LogP contribution in [-0.4, -0.2) is 50.7 Å². The number of ether oxygens (including phenoxy) is 2. The second-order valence-corrected chi connectivity index (χ2v) is 6.53. The first-order valence-corrected chi connectivity index (χ1v) is 9.01. The highest BCUT2D eigenvalue weighted by Gasteiger charge is 2.24. The second-order valence-electron chi connectivity index (χ2n) is 6.53. The fraction of sp³-hybridized carbons (Fsp3) is 0.381. The summed E-state index contributed by atoms with van der Waals surface area (Å²) in [4.78, 5) is 16.4. The number of anilines is 1. The second kappa shape index (κ2) is 8.72. The first kappa shape index (κ1) is 18.3. The topological polar surface area (TPSA) is 42.0 Å². The van der Waals surface area contributed by atoms with Crippen molar-refractivity contribution in [1.82, 2.24) is 4.90 Å². The molecule has 0 bridgehead atoms. The summed E-state index contributed by atoms with van der Waals surface area (Å²) in [6, 6.07) is 17.5. The maximum absolute atomic E-state index is 12.5. The summed E-state index contributed by atoms with van der Waals surface area (Å²) < 4.78 is 11.4. The molecule has 5 nitrogen and oxygen atoms in total. The molecule has 1 fully saturated rings. The van der Waals surface area contributed by atoms with Crippen LogP contribution in [0.3, 0.4) is 0 Å². The summed E-state index contributed by atoms with van der Waals surface area (Å²) in [7, 11) is 3.48. The van der Waals surface area contributed by atoms with E-state index < -0.39 is 0 Å².